The first kappa shape index (κ1) is 17.4. The van der Waals surface area contributed by atoms with E-state index in [0.29, 0.717) is 10.7 Å². The molecule has 0 amide bonds. The number of anilines is 1. The SMILES string of the molecule is OCC(O)C(O)C(O)C1NC(=S)N(c2ccccc2Cl)C1O. The lowest BCUT2D eigenvalue weighted by Gasteiger charge is -2.29. The number of thiocarbonyl (C=S) groups is 1. The van der Waals surface area contributed by atoms with Crippen molar-refractivity contribution >= 4 is 34.6 Å². The highest BCUT2D eigenvalue weighted by atomic mass is 35.5. The Bertz CT molecular complexity index is 549. The van der Waals surface area contributed by atoms with E-state index in [1.807, 2.05) is 0 Å². The van der Waals surface area contributed by atoms with Crippen molar-refractivity contribution in [1.82, 2.24) is 5.32 Å². The molecule has 122 valence electrons. The third-order valence-electron chi connectivity index (χ3n) is 3.51. The van der Waals surface area contributed by atoms with Gasteiger partial charge < -0.3 is 30.8 Å². The molecule has 0 spiro atoms. The average molecular weight is 349 g/mol. The number of benzene rings is 1. The van der Waals surface area contributed by atoms with Crippen LogP contribution in [0.1, 0.15) is 0 Å². The summed E-state index contributed by atoms with van der Waals surface area (Å²) in [7, 11) is 0. The Labute approximate surface area is 137 Å². The van der Waals surface area contributed by atoms with Gasteiger partial charge in [-0.3, -0.25) is 4.90 Å². The van der Waals surface area contributed by atoms with E-state index < -0.39 is 37.2 Å². The maximum Gasteiger partial charge on any atom is 0.176 e. The van der Waals surface area contributed by atoms with E-state index in [2.05, 4.69) is 5.32 Å². The molecule has 7 nitrogen and oxygen atoms in total. The maximum atomic E-state index is 10.4. The second-order valence-electron chi connectivity index (χ2n) is 4.94. The molecule has 0 bridgehead atoms. The molecule has 1 fully saturated rings. The maximum absolute atomic E-state index is 10.4. The van der Waals surface area contributed by atoms with Gasteiger partial charge in [-0.05, 0) is 24.4 Å². The van der Waals surface area contributed by atoms with Crippen molar-refractivity contribution < 1.29 is 25.5 Å². The fraction of sp³-hybridized carbons (Fsp3) is 0.462. The summed E-state index contributed by atoms with van der Waals surface area (Å²) in [6, 6.07) is 5.65. The van der Waals surface area contributed by atoms with Gasteiger partial charge >= 0.3 is 0 Å². The number of hydrogen-bond acceptors (Lipinski definition) is 6. The molecule has 2 rings (SSSR count). The third kappa shape index (κ3) is 3.18. The molecule has 0 aliphatic carbocycles. The van der Waals surface area contributed by atoms with Crippen LogP contribution in [-0.2, 0) is 0 Å². The number of nitrogens with zero attached hydrogens (tertiary/aromatic N) is 1. The van der Waals surface area contributed by atoms with Gasteiger partial charge in [0.15, 0.2) is 11.3 Å². The minimum absolute atomic E-state index is 0.121. The molecule has 1 aromatic rings. The zero-order valence-corrected chi connectivity index (χ0v) is 12.9. The summed E-state index contributed by atoms with van der Waals surface area (Å²) >= 11 is 11.2. The van der Waals surface area contributed by atoms with E-state index >= 15 is 0 Å². The highest BCUT2D eigenvalue weighted by molar-refractivity contribution is 7.80. The van der Waals surface area contributed by atoms with E-state index in [1.165, 1.54) is 4.90 Å². The number of halogens is 1. The number of rotatable bonds is 5. The van der Waals surface area contributed by atoms with E-state index in [9.17, 15) is 20.4 Å². The first-order chi connectivity index (χ1) is 10.4. The number of para-hydroxylation sites is 1. The molecule has 5 unspecified atom stereocenters. The molecule has 9 heteroatoms. The van der Waals surface area contributed by atoms with Crippen LogP contribution in [0.3, 0.4) is 0 Å². The average Bonchev–Trinajstić information content (AvgIpc) is 2.80. The lowest BCUT2D eigenvalue weighted by molar-refractivity contribution is -0.0946. The van der Waals surface area contributed by atoms with Crippen molar-refractivity contribution in [3.05, 3.63) is 29.3 Å². The van der Waals surface area contributed by atoms with Gasteiger partial charge in [-0.1, -0.05) is 23.7 Å². The van der Waals surface area contributed by atoms with Gasteiger partial charge in [0.05, 0.1) is 17.3 Å². The molecule has 0 radical (unpaired) electrons. The van der Waals surface area contributed by atoms with Crippen molar-refractivity contribution in [2.24, 2.45) is 0 Å². The van der Waals surface area contributed by atoms with Crippen LogP contribution in [0.15, 0.2) is 24.3 Å². The Kier molecular flexibility index (Phi) is 5.56. The second kappa shape index (κ2) is 7.05. The summed E-state index contributed by atoms with van der Waals surface area (Å²) in [6.07, 6.45) is -6.04. The van der Waals surface area contributed by atoms with E-state index in [1.54, 1.807) is 24.3 Å². The van der Waals surface area contributed by atoms with Crippen LogP contribution in [0.2, 0.25) is 5.02 Å². The fourth-order valence-electron chi connectivity index (χ4n) is 2.28. The lowest BCUT2D eigenvalue weighted by Crippen LogP contribution is -2.53. The van der Waals surface area contributed by atoms with Crippen molar-refractivity contribution in [3.8, 4) is 0 Å². The molecule has 1 aromatic carbocycles. The molecule has 0 aromatic heterocycles. The number of aliphatic hydroxyl groups excluding tert-OH is 5. The Balaban J connectivity index is 2.22. The number of nitrogens with one attached hydrogen (secondary N) is 1. The van der Waals surface area contributed by atoms with Crippen LogP contribution in [0.4, 0.5) is 5.69 Å². The third-order valence-corrected chi connectivity index (χ3v) is 4.14. The molecule has 1 aliphatic heterocycles. The predicted molar refractivity (Wildman–Crippen MR) is 84.6 cm³/mol. The van der Waals surface area contributed by atoms with Crippen LogP contribution in [0.5, 0.6) is 0 Å². The largest absolute Gasteiger partial charge is 0.394 e. The van der Waals surface area contributed by atoms with Crippen molar-refractivity contribution in [1.29, 1.82) is 0 Å². The monoisotopic (exact) mass is 348 g/mol. The normalized spacial score (nSPS) is 25.7. The Morgan fingerprint density at radius 2 is 1.91 bits per heavy atom. The highest BCUT2D eigenvalue weighted by Gasteiger charge is 2.44. The Morgan fingerprint density at radius 1 is 1.27 bits per heavy atom. The van der Waals surface area contributed by atoms with Crippen LogP contribution in [0.25, 0.3) is 0 Å². The van der Waals surface area contributed by atoms with Crippen molar-refractivity contribution in [2.45, 2.75) is 30.6 Å². The molecular formula is C13H17ClN2O5S. The fourth-order valence-corrected chi connectivity index (χ4v) is 2.85. The van der Waals surface area contributed by atoms with E-state index in [4.69, 9.17) is 28.9 Å². The van der Waals surface area contributed by atoms with Gasteiger partial charge in [0.1, 0.15) is 24.4 Å². The summed E-state index contributed by atoms with van der Waals surface area (Å²) in [4.78, 5) is 1.31. The van der Waals surface area contributed by atoms with Crippen LogP contribution in [0, 0.1) is 0 Å². The summed E-state index contributed by atoms with van der Waals surface area (Å²) in [5.74, 6) is 0. The standard InChI is InChI=1S/C13H17ClN2O5S/c14-6-3-1-2-4-7(6)16-12(21)9(15-13(16)22)11(20)10(19)8(18)5-17/h1-4,8-12,17-21H,5H2,(H,15,22). The van der Waals surface area contributed by atoms with E-state index in [-0.39, 0.29) is 5.11 Å². The summed E-state index contributed by atoms with van der Waals surface area (Å²) in [5.41, 5.74) is 0.445. The minimum atomic E-state index is -1.65. The zero-order chi connectivity index (χ0) is 16.4. The molecule has 1 saturated heterocycles. The topological polar surface area (TPSA) is 116 Å². The molecular weight excluding hydrogens is 332 g/mol. The van der Waals surface area contributed by atoms with Gasteiger partial charge in [-0.2, -0.15) is 0 Å². The molecule has 6 N–H and O–H groups in total. The smallest absolute Gasteiger partial charge is 0.176 e. The summed E-state index contributed by atoms with van der Waals surface area (Å²) in [6.45, 7) is -0.723. The van der Waals surface area contributed by atoms with Gasteiger partial charge in [-0.15, -0.1) is 0 Å². The van der Waals surface area contributed by atoms with Crippen LogP contribution >= 0.6 is 23.8 Å². The highest BCUT2D eigenvalue weighted by Crippen LogP contribution is 2.30. The van der Waals surface area contributed by atoms with Gasteiger partial charge in [0, 0.05) is 0 Å². The Morgan fingerprint density at radius 3 is 2.50 bits per heavy atom. The van der Waals surface area contributed by atoms with Crippen LogP contribution < -0.4 is 10.2 Å². The molecule has 5 atom stereocenters. The molecule has 0 saturated carbocycles. The minimum Gasteiger partial charge on any atom is -0.394 e. The quantitative estimate of drug-likeness (QED) is 0.367. The van der Waals surface area contributed by atoms with Crippen molar-refractivity contribution in [2.75, 3.05) is 11.5 Å². The predicted octanol–water partition coefficient (Wildman–Crippen LogP) is -1.20. The molecule has 1 aliphatic rings. The van der Waals surface area contributed by atoms with Gasteiger partial charge in [0.2, 0.25) is 0 Å². The summed E-state index contributed by atoms with van der Waals surface area (Å²) in [5, 5.41) is 51.6. The number of aliphatic hydroxyl groups is 5. The number of hydrogen-bond donors (Lipinski definition) is 6. The Hall–Kier alpha value is -1.00. The lowest BCUT2D eigenvalue weighted by atomic mass is 10.0. The van der Waals surface area contributed by atoms with Gasteiger partial charge in [-0.25, -0.2) is 0 Å². The summed E-state index contributed by atoms with van der Waals surface area (Å²) < 4.78 is 0. The molecule has 22 heavy (non-hydrogen) atoms. The first-order valence-corrected chi connectivity index (χ1v) is 7.34. The molecule has 1 heterocycles. The van der Waals surface area contributed by atoms with Crippen LogP contribution in [-0.4, -0.2) is 67.8 Å². The second-order valence-corrected chi connectivity index (χ2v) is 5.74. The zero-order valence-electron chi connectivity index (χ0n) is 11.4. The van der Waals surface area contributed by atoms with Gasteiger partial charge in [0.25, 0.3) is 0 Å². The first-order valence-electron chi connectivity index (χ1n) is 6.56. The van der Waals surface area contributed by atoms with E-state index in [0.717, 1.165) is 0 Å². The van der Waals surface area contributed by atoms with Crippen molar-refractivity contribution in [3.63, 3.8) is 0 Å².